The predicted molar refractivity (Wildman–Crippen MR) is 84.8 cm³/mol. The fourth-order valence-electron chi connectivity index (χ4n) is 1.56. The summed E-state index contributed by atoms with van der Waals surface area (Å²) in [6.45, 7) is 3.54. The largest absolute Gasteiger partial charge is 0.466 e. The second kappa shape index (κ2) is 7.75. The standard InChI is InChI=1S/C14H19N3O5S/c1-9(2)16-14(19)12(8-13(18)22-3)17-10-4-6-11(7-5-10)23(15,20)21/h4-9,17H,1-3H3,(H,16,19)(H2,15,20,21)/b12-8+. The zero-order chi connectivity index (χ0) is 17.6. The molecule has 4 N–H and O–H groups in total. The first-order valence-corrected chi connectivity index (χ1v) is 8.18. The molecule has 23 heavy (non-hydrogen) atoms. The van der Waals surface area contributed by atoms with Crippen molar-refractivity contribution in [3.8, 4) is 0 Å². The van der Waals surface area contributed by atoms with Crippen LogP contribution < -0.4 is 15.8 Å². The number of carbonyl (C=O) groups excluding carboxylic acids is 2. The van der Waals surface area contributed by atoms with Gasteiger partial charge >= 0.3 is 5.97 Å². The van der Waals surface area contributed by atoms with Crippen LogP contribution in [0.3, 0.4) is 0 Å². The normalized spacial score (nSPS) is 12.0. The maximum atomic E-state index is 12.1. The van der Waals surface area contributed by atoms with Gasteiger partial charge in [-0.1, -0.05) is 0 Å². The molecule has 0 bridgehead atoms. The van der Waals surface area contributed by atoms with Crippen LogP contribution in [0.4, 0.5) is 5.69 Å². The van der Waals surface area contributed by atoms with Gasteiger partial charge in [0.25, 0.3) is 5.91 Å². The lowest BCUT2D eigenvalue weighted by Crippen LogP contribution is -2.34. The van der Waals surface area contributed by atoms with E-state index >= 15 is 0 Å². The zero-order valence-corrected chi connectivity index (χ0v) is 13.8. The second-order valence-corrected chi connectivity index (χ2v) is 6.47. The summed E-state index contributed by atoms with van der Waals surface area (Å²) in [5, 5.41) is 10.4. The Balaban J connectivity index is 3.03. The van der Waals surface area contributed by atoms with E-state index < -0.39 is 21.9 Å². The van der Waals surface area contributed by atoms with E-state index in [-0.39, 0.29) is 16.6 Å². The molecule has 1 aromatic carbocycles. The average Bonchev–Trinajstić information content (AvgIpc) is 2.45. The Labute approximate surface area is 134 Å². The Kier molecular flexibility index (Phi) is 6.28. The molecule has 0 heterocycles. The molecule has 1 rings (SSSR count). The van der Waals surface area contributed by atoms with Gasteiger partial charge in [-0.05, 0) is 38.1 Å². The number of sulfonamides is 1. The van der Waals surface area contributed by atoms with E-state index in [9.17, 15) is 18.0 Å². The second-order valence-electron chi connectivity index (χ2n) is 4.90. The van der Waals surface area contributed by atoms with Crippen LogP contribution in [0.25, 0.3) is 0 Å². The van der Waals surface area contributed by atoms with Crippen LogP contribution in [0.1, 0.15) is 13.8 Å². The van der Waals surface area contributed by atoms with Gasteiger partial charge in [-0.3, -0.25) is 4.79 Å². The van der Waals surface area contributed by atoms with Crippen LogP contribution >= 0.6 is 0 Å². The van der Waals surface area contributed by atoms with E-state index in [1.807, 2.05) is 0 Å². The number of hydrogen-bond donors (Lipinski definition) is 3. The van der Waals surface area contributed by atoms with E-state index in [1.54, 1.807) is 13.8 Å². The predicted octanol–water partition coefficient (Wildman–Crippen LogP) is 0.327. The third-order valence-corrected chi connectivity index (χ3v) is 3.52. The lowest BCUT2D eigenvalue weighted by Gasteiger charge is -2.13. The third-order valence-electron chi connectivity index (χ3n) is 2.59. The molecule has 0 saturated carbocycles. The molecule has 126 valence electrons. The first-order chi connectivity index (χ1) is 10.6. The summed E-state index contributed by atoms with van der Waals surface area (Å²) < 4.78 is 26.9. The molecule has 0 aliphatic carbocycles. The molecule has 1 amide bonds. The molecular weight excluding hydrogens is 322 g/mol. The van der Waals surface area contributed by atoms with E-state index in [1.165, 1.54) is 31.4 Å². The molecule has 0 aliphatic heterocycles. The summed E-state index contributed by atoms with van der Waals surface area (Å²) in [4.78, 5) is 23.4. The summed E-state index contributed by atoms with van der Waals surface area (Å²) in [7, 11) is -2.61. The van der Waals surface area contributed by atoms with Crippen molar-refractivity contribution < 1.29 is 22.7 Å². The van der Waals surface area contributed by atoms with Crippen LogP contribution in [-0.4, -0.2) is 33.4 Å². The monoisotopic (exact) mass is 341 g/mol. The van der Waals surface area contributed by atoms with Crippen LogP contribution in [-0.2, 0) is 24.3 Å². The van der Waals surface area contributed by atoms with Crippen molar-refractivity contribution >= 4 is 27.6 Å². The summed E-state index contributed by atoms with van der Waals surface area (Å²) in [5.41, 5.74) is 0.375. The van der Waals surface area contributed by atoms with Gasteiger partial charge in [-0.25, -0.2) is 18.4 Å². The number of amides is 1. The highest BCUT2D eigenvalue weighted by molar-refractivity contribution is 7.89. The maximum absolute atomic E-state index is 12.1. The first kappa shape index (κ1) is 18.7. The molecule has 0 saturated heterocycles. The van der Waals surface area contributed by atoms with Crippen LogP contribution in [0, 0.1) is 0 Å². The Morgan fingerprint density at radius 1 is 1.22 bits per heavy atom. The van der Waals surface area contributed by atoms with Crippen LogP contribution in [0.2, 0.25) is 0 Å². The number of primary sulfonamides is 1. The molecule has 0 unspecified atom stereocenters. The topological polar surface area (TPSA) is 128 Å². The Hall–Kier alpha value is -2.39. The van der Waals surface area contributed by atoms with Gasteiger partial charge in [0.1, 0.15) is 5.70 Å². The SMILES string of the molecule is COC(=O)/C=C(/Nc1ccc(S(N)(=O)=O)cc1)C(=O)NC(C)C. The van der Waals surface area contributed by atoms with Gasteiger partial charge in [0.15, 0.2) is 0 Å². The number of ether oxygens (including phenoxy) is 1. The fraction of sp³-hybridized carbons (Fsp3) is 0.286. The van der Waals surface area contributed by atoms with Crippen molar-refractivity contribution in [1.82, 2.24) is 5.32 Å². The quantitative estimate of drug-likeness (QED) is 0.505. The number of esters is 1. The van der Waals surface area contributed by atoms with E-state index in [4.69, 9.17) is 5.14 Å². The fourth-order valence-corrected chi connectivity index (χ4v) is 2.07. The minimum Gasteiger partial charge on any atom is -0.466 e. The highest BCUT2D eigenvalue weighted by atomic mass is 32.2. The molecular formula is C14H19N3O5S. The lowest BCUT2D eigenvalue weighted by atomic mass is 10.2. The molecule has 0 fully saturated rings. The van der Waals surface area contributed by atoms with Gasteiger partial charge in [0.2, 0.25) is 10.0 Å². The lowest BCUT2D eigenvalue weighted by molar-refractivity contribution is -0.135. The number of rotatable bonds is 6. The van der Waals surface area contributed by atoms with Gasteiger partial charge in [-0.2, -0.15) is 0 Å². The number of nitrogens with two attached hydrogens (primary N) is 1. The maximum Gasteiger partial charge on any atom is 0.332 e. The Bertz CT molecular complexity index is 708. The number of nitrogens with one attached hydrogen (secondary N) is 2. The number of anilines is 1. The average molecular weight is 341 g/mol. The highest BCUT2D eigenvalue weighted by Gasteiger charge is 2.14. The van der Waals surface area contributed by atoms with Crippen molar-refractivity contribution in [3.63, 3.8) is 0 Å². The number of hydrogen-bond acceptors (Lipinski definition) is 6. The molecule has 1 aromatic rings. The van der Waals surface area contributed by atoms with Gasteiger partial charge < -0.3 is 15.4 Å². The molecule has 0 radical (unpaired) electrons. The minimum atomic E-state index is -3.80. The van der Waals surface area contributed by atoms with Gasteiger partial charge in [-0.15, -0.1) is 0 Å². The van der Waals surface area contributed by atoms with E-state index in [0.29, 0.717) is 5.69 Å². The van der Waals surface area contributed by atoms with Crippen molar-refractivity contribution in [1.29, 1.82) is 0 Å². The Morgan fingerprint density at radius 2 is 1.78 bits per heavy atom. The number of methoxy groups -OCH3 is 1. The molecule has 0 spiro atoms. The molecule has 0 atom stereocenters. The summed E-state index contributed by atoms with van der Waals surface area (Å²) in [5.74, 6) is -1.20. The smallest absolute Gasteiger partial charge is 0.332 e. The van der Waals surface area contributed by atoms with Crippen molar-refractivity contribution in [2.75, 3.05) is 12.4 Å². The minimum absolute atomic E-state index is 0.0334. The molecule has 9 heteroatoms. The molecule has 8 nitrogen and oxygen atoms in total. The molecule has 0 aromatic heterocycles. The Morgan fingerprint density at radius 3 is 2.22 bits per heavy atom. The number of carbonyl (C=O) groups is 2. The van der Waals surface area contributed by atoms with Crippen molar-refractivity contribution in [2.24, 2.45) is 5.14 Å². The van der Waals surface area contributed by atoms with Crippen molar-refractivity contribution in [3.05, 3.63) is 36.0 Å². The summed E-state index contributed by atoms with van der Waals surface area (Å²) in [6.07, 6.45) is 1.01. The molecule has 0 aliphatic rings. The number of benzene rings is 1. The third kappa shape index (κ3) is 6.09. The van der Waals surface area contributed by atoms with Crippen LogP contribution in [0.5, 0.6) is 0 Å². The highest BCUT2D eigenvalue weighted by Crippen LogP contribution is 2.15. The van der Waals surface area contributed by atoms with Crippen molar-refractivity contribution in [2.45, 2.75) is 24.8 Å². The summed E-state index contributed by atoms with van der Waals surface area (Å²) >= 11 is 0. The van der Waals surface area contributed by atoms with E-state index in [0.717, 1.165) is 6.08 Å². The first-order valence-electron chi connectivity index (χ1n) is 6.64. The van der Waals surface area contributed by atoms with E-state index in [2.05, 4.69) is 15.4 Å². The van der Waals surface area contributed by atoms with Gasteiger partial charge in [0, 0.05) is 11.7 Å². The zero-order valence-electron chi connectivity index (χ0n) is 13.0. The summed E-state index contributed by atoms with van der Waals surface area (Å²) in [6, 6.07) is 5.29. The van der Waals surface area contributed by atoms with Gasteiger partial charge in [0.05, 0.1) is 18.1 Å². The van der Waals surface area contributed by atoms with Crippen LogP contribution in [0.15, 0.2) is 40.9 Å².